The minimum absolute atomic E-state index is 0.189. The van der Waals surface area contributed by atoms with Gasteiger partial charge in [0.05, 0.1) is 6.10 Å². The summed E-state index contributed by atoms with van der Waals surface area (Å²) < 4.78 is 0. The van der Waals surface area contributed by atoms with Crippen molar-refractivity contribution in [2.75, 3.05) is 13.1 Å². The van der Waals surface area contributed by atoms with E-state index in [4.69, 9.17) is 0 Å². The van der Waals surface area contributed by atoms with E-state index < -0.39 is 0 Å². The molecule has 1 aromatic carbocycles. The number of nitrogens with one attached hydrogen (secondary N) is 1. The third-order valence-electron chi connectivity index (χ3n) is 4.69. The Bertz CT molecular complexity index is 427. The lowest BCUT2D eigenvalue weighted by atomic mass is 9.88. The molecule has 1 fully saturated rings. The topological polar surface area (TPSA) is 35.5 Å². The quantitative estimate of drug-likeness (QED) is 0.875. The van der Waals surface area contributed by atoms with Crippen LogP contribution in [0.5, 0.6) is 0 Å². The lowest BCUT2D eigenvalue weighted by molar-refractivity contribution is 0.171. The average Bonchev–Trinajstić information content (AvgIpc) is 2.76. The van der Waals surface area contributed by atoms with Crippen molar-refractivity contribution < 1.29 is 5.11 Å². The highest BCUT2D eigenvalue weighted by Crippen LogP contribution is 2.22. The minimum atomic E-state index is -0.189. The zero-order valence-corrected chi connectivity index (χ0v) is 13.8. The molecular formula is C18H30N2O. The van der Waals surface area contributed by atoms with Crippen LogP contribution in [-0.2, 0) is 6.54 Å². The first-order valence-corrected chi connectivity index (χ1v) is 8.05. The molecule has 0 radical (unpaired) electrons. The maximum absolute atomic E-state index is 10.0. The molecule has 0 saturated carbocycles. The molecule has 21 heavy (non-hydrogen) atoms. The number of hydrogen-bond acceptors (Lipinski definition) is 3. The first-order chi connectivity index (χ1) is 9.86. The molecule has 1 aromatic rings. The number of aliphatic hydroxyl groups excluding tert-OH is 1. The van der Waals surface area contributed by atoms with Gasteiger partial charge in [0, 0.05) is 31.7 Å². The monoisotopic (exact) mass is 290 g/mol. The second kappa shape index (κ2) is 6.91. The van der Waals surface area contributed by atoms with Crippen LogP contribution in [0.4, 0.5) is 0 Å². The Morgan fingerprint density at radius 3 is 2.57 bits per heavy atom. The van der Waals surface area contributed by atoms with Gasteiger partial charge < -0.3 is 10.4 Å². The zero-order valence-electron chi connectivity index (χ0n) is 13.8. The number of likely N-dealkylation sites (tertiary alicyclic amines) is 1. The second-order valence-corrected chi connectivity index (χ2v) is 7.45. The third-order valence-corrected chi connectivity index (χ3v) is 4.69. The van der Waals surface area contributed by atoms with Gasteiger partial charge >= 0.3 is 0 Å². The van der Waals surface area contributed by atoms with Gasteiger partial charge in [-0.05, 0) is 24.3 Å². The molecular weight excluding hydrogens is 260 g/mol. The Hall–Kier alpha value is -0.900. The highest BCUT2D eigenvalue weighted by Gasteiger charge is 2.31. The molecule has 3 heteroatoms. The third kappa shape index (κ3) is 4.80. The molecule has 0 aromatic heterocycles. The van der Waals surface area contributed by atoms with Gasteiger partial charge in [0.15, 0.2) is 0 Å². The van der Waals surface area contributed by atoms with Crippen LogP contribution in [0.15, 0.2) is 30.3 Å². The van der Waals surface area contributed by atoms with E-state index in [9.17, 15) is 5.11 Å². The fourth-order valence-corrected chi connectivity index (χ4v) is 2.80. The van der Waals surface area contributed by atoms with Crippen molar-refractivity contribution in [3.05, 3.63) is 35.9 Å². The summed E-state index contributed by atoms with van der Waals surface area (Å²) in [5.41, 5.74) is 1.59. The number of nitrogens with zero attached hydrogens (tertiary/aromatic N) is 1. The number of benzene rings is 1. The van der Waals surface area contributed by atoms with Crippen LogP contribution >= 0.6 is 0 Å². The maximum Gasteiger partial charge on any atom is 0.0682 e. The standard InChI is InChI=1S/C18H30N2O/c1-14(18(2,3)4)19-11-16-10-17(21)13-20(16)12-15-8-6-5-7-9-15/h5-9,14,16-17,19,21H,10-13H2,1-4H3. The first kappa shape index (κ1) is 16.5. The Labute approximate surface area is 129 Å². The molecule has 2 N–H and O–H groups in total. The van der Waals surface area contributed by atoms with E-state index in [1.165, 1.54) is 5.56 Å². The molecule has 1 saturated heterocycles. The minimum Gasteiger partial charge on any atom is -0.392 e. The van der Waals surface area contributed by atoms with Crippen LogP contribution in [0.2, 0.25) is 0 Å². The van der Waals surface area contributed by atoms with Crippen molar-refractivity contribution in [2.45, 2.75) is 58.8 Å². The van der Waals surface area contributed by atoms with E-state index in [1.807, 2.05) is 6.07 Å². The normalized spacial score (nSPS) is 25.2. The second-order valence-electron chi connectivity index (χ2n) is 7.45. The average molecular weight is 290 g/mol. The van der Waals surface area contributed by atoms with Crippen molar-refractivity contribution in [2.24, 2.45) is 5.41 Å². The van der Waals surface area contributed by atoms with Gasteiger partial charge in [-0.1, -0.05) is 51.1 Å². The summed E-state index contributed by atoms with van der Waals surface area (Å²) in [6, 6.07) is 11.4. The van der Waals surface area contributed by atoms with Gasteiger partial charge in [-0.3, -0.25) is 4.90 Å². The predicted molar refractivity (Wildman–Crippen MR) is 88.2 cm³/mol. The lowest BCUT2D eigenvalue weighted by Gasteiger charge is -2.31. The number of aliphatic hydroxyl groups is 1. The van der Waals surface area contributed by atoms with Gasteiger partial charge in [-0.2, -0.15) is 0 Å². The smallest absolute Gasteiger partial charge is 0.0682 e. The summed E-state index contributed by atoms with van der Waals surface area (Å²) in [7, 11) is 0. The summed E-state index contributed by atoms with van der Waals surface area (Å²) in [5, 5.41) is 13.7. The summed E-state index contributed by atoms with van der Waals surface area (Å²) in [4.78, 5) is 2.41. The highest BCUT2D eigenvalue weighted by atomic mass is 16.3. The van der Waals surface area contributed by atoms with E-state index in [-0.39, 0.29) is 11.5 Å². The molecule has 0 amide bonds. The van der Waals surface area contributed by atoms with Crippen LogP contribution in [-0.4, -0.2) is 41.3 Å². The molecule has 3 atom stereocenters. The van der Waals surface area contributed by atoms with Gasteiger partial charge in [0.1, 0.15) is 0 Å². The van der Waals surface area contributed by atoms with Crippen LogP contribution in [0.3, 0.4) is 0 Å². The van der Waals surface area contributed by atoms with Crippen molar-refractivity contribution in [1.29, 1.82) is 0 Å². The van der Waals surface area contributed by atoms with Gasteiger partial charge in [0.2, 0.25) is 0 Å². The number of hydrogen-bond donors (Lipinski definition) is 2. The van der Waals surface area contributed by atoms with Crippen LogP contribution in [0.25, 0.3) is 0 Å². The van der Waals surface area contributed by atoms with E-state index >= 15 is 0 Å². The van der Waals surface area contributed by atoms with Crippen molar-refractivity contribution in [3.8, 4) is 0 Å². The summed E-state index contributed by atoms with van der Waals surface area (Å²) in [6.45, 7) is 11.7. The van der Waals surface area contributed by atoms with Crippen LogP contribution in [0.1, 0.15) is 39.7 Å². The fraction of sp³-hybridized carbons (Fsp3) is 0.667. The van der Waals surface area contributed by atoms with Crippen LogP contribution in [0, 0.1) is 5.41 Å². The maximum atomic E-state index is 10.0. The molecule has 0 bridgehead atoms. The van der Waals surface area contributed by atoms with Gasteiger partial charge in [-0.15, -0.1) is 0 Å². The molecule has 1 aliphatic rings. The zero-order chi connectivity index (χ0) is 15.5. The molecule has 1 heterocycles. The van der Waals surface area contributed by atoms with E-state index in [2.05, 4.69) is 62.2 Å². The SMILES string of the molecule is CC(NCC1CC(O)CN1Cc1ccccc1)C(C)(C)C. The first-order valence-electron chi connectivity index (χ1n) is 8.05. The molecule has 118 valence electrons. The Balaban J connectivity index is 1.91. The van der Waals surface area contributed by atoms with Crippen molar-refractivity contribution >= 4 is 0 Å². The summed E-state index contributed by atoms with van der Waals surface area (Å²) >= 11 is 0. The molecule has 1 aliphatic heterocycles. The highest BCUT2D eigenvalue weighted by molar-refractivity contribution is 5.15. The van der Waals surface area contributed by atoms with Crippen LogP contribution < -0.4 is 5.32 Å². The molecule has 0 spiro atoms. The fourth-order valence-electron chi connectivity index (χ4n) is 2.80. The van der Waals surface area contributed by atoms with Crippen molar-refractivity contribution in [3.63, 3.8) is 0 Å². The number of β-amino-alcohol motifs (C(OH)–C–C–N with tert-alkyl or cyclic N) is 1. The molecule has 0 aliphatic carbocycles. The van der Waals surface area contributed by atoms with Crippen molar-refractivity contribution in [1.82, 2.24) is 10.2 Å². The van der Waals surface area contributed by atoms with Gasteiger partial charge in [0.25, 0.3) is 0 Å². The molecule has 2 rings (SSSR count). The van der Waals surface area contributed by atoms with E-state index in [0.29, 0.717) is 12.1 Å². The lowest BCUT2D eigenvalue weighted by Crippen LogP contribution is -2.45. The number of rotatable bonds is 5. The summed E-state index contributed by atoms with van der Waals surface area (Å²) in [6.07, 6.45) is 0.682. The Morgan fingerprint density at radius 1 is 1.29 bits per heavy atom. The largest absolute Gasteiger partial charge is 0.392 e. The molecule has 3 nitrogen and oxygen atoms in total. The Morgan fingerprint density at radius 2 is 1.95 bits per heavy atom. The van der Waals surface area contributed by atoms with E-state index in [1.54, 1.807) is 0 Å². The van der Waals surface area contributed by atoms with E-state index in [0.717, 1.165) is 26.1 Å². The Kier molecular flexibility index (Phi) is 5.42. The van der Waals surface area contributed by atoms with Gasteiger partial charge in [-0.25, -0.2) is 0 Å². The molecule has 3 unspecified atom stereocenters. The summed E-state index contributed by atoms with van der Waals surface area (Å²) in [5.74, 6) is 0. The predicted octanol–water partition coefficient (Wildman–Crippen LogP) is 2.65.